The summed E-state index contributed by atoms with van der Waals surface area (Å²) in [6.07, 6.45) is 5.71. The third kappa shape index (κ3) is 9.93. The van der Waals surface area contributed by atoms with Crippen LogP contribution in [0.4, 0.5) is 4.79 Å². The van der Waals surface area contributed by atoms with Gasteiger partial charge in [0.1, 0.15) is 17.7 Å². The van der Waals surface area contributed by atoms with E-state index in [1.54, 1.807) is 34.1 Å². The van der Waals surface area contributed by atoms with Crippen molar-refractivity contribution in [2.24, 2.45) is 5.41 Å². The number of hydrogen-bond acceptors (Lipinski definition) is 10. The predicted octanol–water partition coefficient (Wildman–Crippen LogP) is 5.64. The molecule has 0 radical (unpaired) electrons. The molecule has 2 aliphatic rings. The smallest absolute Gasteiger partial charge is 0.408 e. The fourth-order valence-electron chi connectivity index (χ4n) is 7.54. The topological polar surface area (TPSA) is 147 Å². The highest BCUT2D eigenvalue weighted by Gasteiger charge is 2.35. The second kappa shape index (κ2) is 17.7. The summed E-state index contributed by atoms with van der Waals surface area (Å²) >= 11 is 0. The molecule has 0 aliphatic carbocycles. The molecular weight excluding hydrogens is 700 g/mol. The SMILES string of the molecule is CCn1c(-c2cccnc2[C@H](C)OC)c(CC(C)(C)CO)c2cc(C3=CCCN(CC(NC(=O)OC(C)(C)C)C(=O)N4CCC[C@@H](C(=O)OC)N4)C3)ccc21. The van der Waals surface area contributed by atoms with E-state index in [0.717, 1.165) is 57.5 Å². The van der Waals surface area contributed by atoms with E-state index >= 15 is 0 Å². The lowest BCUT2D eigenvalue weighted by Crippen LogP contribution is -2.62. The number of benzene rings is 1. The number of aliphatic hydroxyl groups excluding tert-OH is 1. The monoisotopic (exact) mass is 760 g/mol. The fraction of sp³-hybridized carbons (Fsp3) is 0.571. The molecule has 2 aliphatic heterocycles. The summed E-state index contributed by atoms with van der Waals surface area (Å²) in [6.45, 7) is 16.3. The van der Waals surface area contributed by atoms with Crippen LogP contribution in [0.2, 0.25) is 0 Å². The Kier molecular flexibility index (Phi) is 13.4. The fourth-order valence-corrected chi connectivity index (χ4v) is 7.54. The molecule has 3 aromatic rings. The van der Waals surface area contributed by atoms with Crippen molar-refractivity contribution in [2.45, 2.75) is 104 Å². The molecule has 4 heterocycles. The van der Waals surface area contributed by atoms with E-state index in [1.807, 2.05) is 13.0 Å². The van der Waals surface area contributed by atoms with Crippen LogP contribution in [0.5, 0.6) is 0 Å². The Balaban J connectivity index is 1.49. The highest BCUT2D eigenvalue weighted by Crippen LogP contribution is 2.41. The summed E-state index contributed by atoms with van der Waals surface area (Å²) < 4.78 is 18.6. The predicted molar refractivity (Wildman–Crippen MR) is 213 cm³/mol. The third-order valence-electron chi connectivity index (χ3n) is 10.4. The van der Waals surface area contributed by atoms with Gasteiger partial charge in [-0.1, -0.05) is 26.0 Å². The van der Waals surface area contributed by atoms with Crippen molar-refractivity contribution < 1.29 is 33.7 Å². The zero-order valence-corrected chi connectivity index (χ0v) is 34.0. The summed E-state index contributed by atoms with van der Waals surface area (Å²) in [5, 5.41) is 15.8. The summed E-state index contributed by atoms with van der Waals surface area (Å²) in [4.78, 5) is 46.4. The van der Waals surface area contributed by atoms with Crippen LogP contribution in [0.1, 0.15) is 90.7 Å². The molecule has 1 saturated heterocycles. The number of alkyl carbamates (subject to hydrolysis) is 1. The lowest BCUT2D eigenvalue weighted by Gasteiger charge is -2.37. The van der Waals surface area contributed by atoms with Crippen molar-refractivity contribution in [3.63, 3.8) is 0 Å². The number of nitrogens with zero attached hydrogens (tertiary/aromatic N) is 4. The first kappa shape index (κ1) is 41.9. The maximum absolute atomic E-state index is 14.0. The quantitative estimate of drug-likeness (QED) is 0.187. The van der Waals surface area contributed by atoms with E-state index in [9.17, 15) is 19.5 Å². The van der Waals surface area contributed by atoms with Gasteiger partial charge >= 0.3 is 12.1 Å². The van der Waals surface area contributed by atoms with Crippen molar-refractivity contribution >= 4 is 34.4 Å². The number of aromatic nitrogens is 2. The first-order chi connectivity index (χ1) is 26.1. The van der Waals surface area contributed by atoms with Gasteiger partial charge in [0.25, 0.3) is 5.91 Å². The lowest BCUT2D eigenvalue weighted by molar-refractivity contribution is -0.150. The van der Waals surface area contributed by atoms with Crippen LogP contribution in [0, 0.1) is 5.41 Å². The molecule has 55 heavy (non-hydrogen) atoms. The molecule has 2 aromatic heterocycles. The van der Waals surface area contributed by atoms with Crippen molar-refractivity contribution in [3.05, 3.63) is 59.4 Å². The van der Waals surface area contributed by atoms with Crippen molar-refractivity contribution in [2.75, 3.05) is 47.0 Å². The molecule has 0 saturated carbocycles. The summed E-state index contributed by atoms with van der Waals surface area (Å²) in [7, 11) is 3.02. The Morgan fingerprint density at radius 3 is 2.55 bits per heavy atom. The average Bonchev–Trinajstić information content (AvgIpc) is 3.47. The minimum absolute atomic E-state index is 0.0346. The lowest BCUT2D eigenvalue weighted by atomic mass is 9.84. The number of hydrogen-bond donors (Lipinski definition) is 3. The number of esters is 1. The summed E-state index contributed by atoms with van der Waals surface area (Å²) in [6, 6.07) is 9.08. The van der Waals surface area contributed by atoms with Crippen LogP contribution in [-0.2, 0) is 36.8 Å². The molecule has 3 atom stereocenters. The largest absolute Gasteiger partial charge is 0.468 e. The molecule has 1 fully saturated rings. The van der Waals surface area contributed by atoms with Gasteiger partial charge in [-0.05, 0) is 107 Å². The zero-order chi connectivity index (χ0) is 40.1. The average molecular weight is 761 g/mol. The highest BCUT2D eigenvalue weighted by atomic mass is 16.6. The van der Waals surface area contributed by atoms with E-state index in [4.69, 9.17) is 19.2 Å². The molecule has 1 unspecified atom stereocenters. The maximum Gasteiger partial charge on any atom is 0.408 e. The number of carbonyl (C=O) groups is 3. The molecule has 3 N–H and O–H groups in total. The molecular formula is C42H60N6O7. The number of methoxy groups -OCH3 is 2. The summed E-state index contributed by atoms with van der Waals surface area (Å²) in [5.74, 6) is -0.786. The number of aliphatic hydroxyl groups is 1. The van der Waals surface area contributed by atoms with Gasteiger partial charge in [0.2, 0.25) is 0 Å². The van der Waals surface area contributed by atoms with E-state index in [1.165, 1.54) is 12.1 Å². The van der Waals surface area contributed by atoms with Gasteiger partial charge < -0.3 is 29.2 Å². The maximum atomic E-state index is 14.0. The Morgan fingerprint density at radius 1 is 1.11 bits per heavy atom. The zero-order valence-electron chi connectivity index (χ0n) is 34.0. The third-order valence-corrected chi connectivity index (χ3v) is 10.4. The van der Waals surface area contributed by atoms with E-state index in [-0.39, 0.29) is 30.6 Å². The van der Waals surface area contributed by atoms with E-state index < -0.39 is 29.7 Å². The minimum Gasteiger partial charge on any atom is -0.468 e. The number of aryl methyl sites for hydroxylation is 1. The Labute approximate surface area is 325 Å². The molecule has 0 bridgehead atoms. The molecule has 1 aromatic carbocycles. The van der Waals surface area contributed by atoms with Gasteiger partial charge in [-0.15, -0.1) is 0 Å². The first-order valence-corrected chi connectivity index (χ1v) is 19.4. The van der Waals surface area contributed by atoms with E-state index in [0.29, 0.717) is 38.9 Å². The molecule has 300 valence electrons. The van der Waals surface area contributed by atoms with Gasteiger partial charge in [-0.25, -0.2) is 10.2 Å². The number of hydrazine groups is 1. The van der Waals surface area contributed by atoms with Crippen LogP contribution < -0.4 is 10.7 Å². The Morgan fingerprint density at radius 2 is 1.87 bits per heavy atom. The normalized spacial score (nSPS) is 18.1. The highest BCUT2D eigenvalue weighted by molar-refractivity contribution is 5.95. The van der Waals surface area contributed by atoms with Gasteiger partial charge in [0.05, 0.1) is 24.6 Å². The van der Waals surface area contributed by atoms with E-state index in [2.05, 4.69) is 71.3 Å². The number of carbonyl (C=O) groups excluding carboxylic acids is 3. The Bertz CT molecular complexity index is 1880. The second-order valence-electron chi connectivity index (χ2n) is 16.4. The molecule has 13 nitrogen and oxygen atoms in total. The van der Waals surface area contributed by atoms with Crippen LogP contribution in [-0.4, -0.2) is 107 Å². The number of nitrogens with one attached hydrogen (secondary N) is 2. The van der Waals surface area contributed by atoms with Crippen molar-refractivity contribution in [1.82, 2.24) is 30.2 Å². The number of fused-ring (bicyclic) bond motifs is 1. The van der Waals surface area contributed by atoms with Gasteiger partial charge in [0, 0.05) is 69.1 Å². The van der Waals surface area contributed by atoms with Gasteiger partial charge in [-0.3, -0.25) is 24.5 Å². The van der Waals surface area contributed by atoms with Crippen molar-refractivity contribution in [3.8, 4) is 11.3 Å². The molecule has 13 heteroatoms. The minimum atomic E-state index is -0.933. The van der Waals surface area contributed by atoms with Crippen LogP contribution in [0.15, 0.2) is 42.6 Å². The standard InChI is InChI=1S/C42H60N6O7/c1-10-47-35-18-17-28(22-31(35)32(23-42(6,7)26-49)37(47)30-15-11-19-43-36(30)27(2)53-8)29-14-12-20-46(24-29)25-34(44-40(52)55-41(3,4)5)38(50)48-21-13-16-33(45-48)39(51)54-9/h11,14-15,17-19,22,27,33-34,45,49H,10,12-13,16,20-21,23-26H2,1-9H3,(H,44,52)/t27-,33-,34?/m0/s1. The second-order valence-corrected chi connectivity index (χ2v) is 16.4. The molecule has 0 spiro atoms. The number of rotatable bonds is 13. The number of pyridine rings is 1. The van der Waals surface area contributed by atoms with Gasteiger partial charge in [-0.2, -0.15) is 0 Å². The van der Waals surface area contributed by atoms with Crippen molar-refractivity contribution in [1.29, 1.82) is 0 Å². The van der Waals surface area contributed by atoms with Crippen LogP contribution >= 0.6 is 0 Å². The molecule has 5 rings (SSSR count). The Hall–Kier alpha value is -4.30. The number of ether oxygens (including phenoxy) is 3. The van der Waals surface area contributed by atoms with Gasteiger partial charge in [0.15, 0.2) is 0 Å². The molecule has 2 amide bonds. The van der Waals surface area contributed by atoms with Crippen LogP contribution in [0.3, 0.4) is 0 Å². The summed E-state index contributed by atoms with van der Waals surface area (Å²) in [5.41, 5.74) is 9.28. The first-order valence-electron chi connectivity index (χ1n) is 19.4. The van der Waals surface area contributed by atoms with Crippen LogP contribution in [0.25, 0.3) is 27.7 Å². The number of amides is 2.